The van der Waals surface area contributed by atoms with Crippen molar-refractivity contribution in [2.75, 3.05) is 6.73 Å². The number of rotatable bonds is 3. The van der Waals surface area contributed by atoms with Crippen LogP contribution in [0.4, 0.5) is 0 Å². The Hall–Kier alpha value is -1.41. The van der Waals surface area contributed by atoms with Gasteiger partial charge in [0.25, 0.3) is 10.1 Å². The average molecular weight is 378 g/mol. The molecule has 1 aliphatic heterocycles. The van der Waals surface area contributed by atoms with E-state index >= 15 is 0 Å². The molecule has 0 saturated carbocycles. The smallest absolute Gasteiger partial charge is 0.478 e. The topological polar surface area (TPSA) is 66.8 Å². The Morgan fingerprint density at radius 3 is 2.54 bits per heavy atom. The third kappa shape index (κ3) is 3.96. The van der Waals surface area contributed by atoms with E-state index in [1.165, 1.54) is 17.7 Å². The van der Waals surface area contributed by atoms with E-state index in [4.69, 9.17) is 4.74 Å². The summed E-state index contributed by atoms with van der Waals surface area (Å²) in [6.07, 6.45) is 0. The van der Waals surface area contributed by atoms with Gasteiger partial charge in [-0.2, -0.15) is 8.42 Å². The van der Waals surface area contributed by atoms with Crippen molar-refractivity contribution in [2.24, 2.45) is 0 Å². The van der Waals surface area contributed by atoms with Crippen LogP contribution in [-0.2, 0) is 23.2 Å². The molecule has 4 rings (SSSR count). The first-order valence-electron chi connectivity index (χ1n) is 7.93. The van der Waals surface area contributed by atoms with Crippen molar-refractivity contribution in [3.05, 3.63) is 71.8 Å². The number of nitrogens with zero attached hydrogens (tertiary/aromatic N) is 1. The van der Waals surface area contributed by atoms with Gasteiger partial charge in [-0.15, -0.1) is 0 Å². The summed E-state index contributed by atoms with van der Waals surface area (Å²) in [6, 6.07) is 18.5. The zero-order chi connectivity index (χ0) is 17.4. The zero-order valence-electron chi connectivity index (χ0n) is 14.4. The second-order valence-corrected chi connectivity index (χ2v) is 7.57. The first kappa shape index (κ1) is 19.4. The third-order valence-corrected chi connectivity index (χ3v) is 5.24. The van der Waals surface area contributed by atoms with Gasteiger partial charge in [-0.1, -0.05) is 42.5 Å². The van der Waals surface area contributed by atoms with Gasteiger partial charge < -0.3 is 4.74 Å². The van der Waals surface area contributed by atoms with Gasteiger partial charge >= 0.3 is 29.6 Å². The molecule has 0 saturated heterocycles. The van der Waals surface area contributed by atoms with Gasteiger partial charge in [-0.3, -0.25) is 9.45 Å². The fourth-order valence-electron chi connectivity index (χ4n) is 3.18. The molecule has 0 amide bonds. The fraction of sp³-hybridized carbons (Fsp3) is 0.158. The minimum absolute atomic E-state index is 0. The number of hydrogen-bond acceptors (Lipinski definition) is 4. The van der Waals surface area contributed by atoms with Crippen molar-refractivity contribution in [1.82, 2.24) is 4.90 Å². The van der Waals surface area contributed by atoms with Gasteiger partial charge in [0.1, 0.15) is 12.5 Å². The summed E-state index contributed by atoms with van der Waals surface area (Å²) < 4.78 is 37.8. The maximum Gasteiger partial charge on any atom is 1.00 e. The van der Waals surface area contributed by atoms with Crippen LogP contribution in [0.3, 0.4) is 0 Å². The molecule has 0 atom stereocenters. The molecule has 1 N–H and O–H groups in total. The Kier molecular flexibility index (Phi) is 5.72. The number of fused-ring (bicyclic) bond motifs is 3. The molecule has 0 spiro atoms. The van der Waals surface area contributed by atoms with Gasteiger partial charge in [0, 0.05) is 18.7 Å². The van der Waals surface area contributed by atoms with Crippen molar-refractivity contribution >= 4 is 20.9 Å². The minimum Gasteiger partial charge on any atom is -0.478 e. The Bertz CT molecular complexity index is 1040. The molecule has 1 aliphatic rings. The minimum atomic E-state index is -4.21. The van der Waals surface area contributed by atoms with E-state index in [2.05, 4.69) is 17.0 Å². The standard InChI is InChI=1S/C19H17NO4S.Na/c21-25(22,23)16-7-8-17-15(10-16)6-9-19-18(17)12-20(13-24-19)11-14-4-2-1-3-5-14;/h1-10H,11-13H2,(H,21,22,23);/q;+1. The number of hydrogen-bond donors (Lipinski definition) is 1. The van der Waals surface area contributed by atoms with Crippen molar-refractivity contribution in [3.63, 3.8) is 0 Å². The molecule has 0 fully saturated rings. The molecule has 0 aromatic heterocycles. The van der Waals surface area contributed by atoms with Crippen LogP contribution in [0, 0.1) is 0 Å². The molecule has 128 valence electrons. The van der Waals surface area contributed by atoms with Crippen LogP contribution in [0.1, 0.15) is 11.1 Å². The summed E-state index contributed by atoms with van der Waals surface area (Å²) in [4.78, 5) is 2.09. The van der Waals surface area contributed by atoms with Crippen LogP contribution in [0.15, 0.2) is 65.6 Å². The summed E-state index contributed by atoms with van der Waals surface area (Å²) in [6.45, 7) is 2.00. The van der Waals surface area contributed by atoms with Crippen LogP contribution >= 0.6 is 0 Å². The molecular weight excluding hydrogens is 361 g/mol. The van der Waals surface area contributed by atoms with Crippen molar-refractivity contribution in [1.29, 1.82) is 0 Å². The predicted octanol–water partition coefficient (Wildman–Crippen LogP) is 0.443. The molecule has 7 heteroatoms. The first-order valence-corrected chi connectivity index (χ1v) is 9.37. The van der Waals surface area contributed by atoms with E-state index < -0.39 is 10.1 Å². The quantitative estimate of drug-likeness (QED) is 0.529. The Morgan fingerprint density at radius 2 is 1.81 bits per heavy atom. The molecule has 3 aromatic rings. The van der Waals surface area contributed by atoms with Gasteiger partial charge in [0.2, 0.25) is 0 Å². The second kappa shape index (κ2) is 7.68. The summed E-state index contributed by atoms with van der Waals surface area (Å²) in [5, 5.41) is 1.70. The molecule has 3 aromatic carbocycles. The first-order chi connectivity index (χ1) is 12.0. The Balaban J connectivity index is 0.00000196. The maximum absolute atomic E-state index is 11.3. The molecule has 0 bridgehead atoms. The van der Waals surface area contributed by atoms with Crippen LogP contribution < -0.4 is 34.3 Å². The van der Waals surface area contributed by atoms with Gasteiger partial charge in [0.05, 0.1) is 4.90 Å². The van der Waals surface area contributed by atoms with Crippen LogP contribution in [0.25, 0.3) is 10.8 Å². The predicted molar refractivity (Wildman–Crippen MR) is 94.9 cm³/mol. The van der Waals surface area contributed by atoms with Crippen LogP contribution in [-0.4, -0.2) is 24.6 Å². The molecule has 0 aliphatic carbocycles. The fourth-order valence-corrected chi connectivity index (χ4v) is 3.70. The van der Waals surface area contributed by atoms with Crippen LogP contribution in [0.2, 0.25) is 0 Å². The summed E-state index contributed by atoms with van der Waals surface area (Å²) in [5.41, 5.74) is 2.24. The summed E-state index contributed by atoms with van der Waals surface area (Å²) >= 11 is 0. The molecule has 0 unspecified atom stereocenters. The monoisotopic (exact) mass is 378 g/mol. The van der Waals surface area contributed by atoms with E-state index in [1.807, 2.05) is 30.3 Å². The number of benzene rings is 3. The summed E-state index contributed by atoms with van der Waals surface area (Å²) in [7, 11) is -4.21. The molecule has 26 heavy (non-hydrogen) atoms. The van der Waals surface area contributed by atoms with Gasteiger partial charge in [0.15, 0.2) is 0 Å². The zero-order valence-corrected chi connectivity index (χ0v) is 17.2. The number of ether oxygens (including phenoxy) is 1. The van der Waals surface area contributed by atoms with Crippen molar-refractivity contribution in [3.8, 4) is 5.75 Å². The molecule has 0 radical (unpaired) electrons. The maximum atomic E-state index is 11.3. The third-order valence-electron chi connectivity index (χ3n) is 4.39. The van der Waals surface area contributed by atoms with E-state index in [-0.39, 0.29) is 34.5 Å². The van der Waals surface area contributed by atoms with Crippen molar-refractivity contribution in [2.45, 2.75) is 18.0 Å². The second-order valence-electron chi connectivity index (χ2n) is 6.15. The molecule has 5 nitrogen and oxygen atoms in total. The Morgan fingerprint density at radius 1 is 1.04 bits per heavy atom. The van der Waals surface area contributed by atoms with Gasteiger partial charge in [-0.25, -0.2) is 0 Å². The average Bonchev–Trinajstić information content (AvgIpc) is 2.61. The SMILES string of the molecule is O=S(=O)(O)c1ccc2c3c(ccc2c1)OCN(Cc1ccccc1)C3.[Na+]. The normalized spacial score (nSPS) is 14.3. The van der Waals surface area contributed by atoms with E-state index in [0.29, 0.717) is 13.3 Å². The largest absolute Gasteiger partial charge is 1.00 e. The summed E-state index contributed by atoms with van der Waals surface area (Å²) in [5.74, 6) is 0.816. The Labute approximate surface area is 174 Å². The van der Waals surface area contributed by atoms with Crippen molar-refractivity contribution < 1.29 is 47.3 Å². The molecule has 1 heterocycles. The van der Waals surface area contributed by atoms with E-state index in [9.17, 15) is 13.0 Å². The van der Waals surface area contributed by atoms with Gasteiger partial charge in [-0.05, 0) is 34.5 Å². The van der Waals surface area contributed by atoms with Crippen LogP contribution in [0.5, 0.6) is 5.75 Å². The molecular formula is C19H17NNaO4S+. The van der Waals surface area contributed by atoms with E-state index in [0.717, 1.165) is 28.6 Å². The van der Waals surface area contributed by atoms with E-state index in [1.54, 1.807) is 6.07 Å².